The van der Waals surface area contributed by atoms with Crippen LogP contribution in [0.25, 0.3) is 45.0 Å². The molecule has 12 rings (SSSR count). The van der Waals surface area contributed by atoms with E-state index in [4.69, 9.17) is 0 Å². The Bertz CT molecular complexity index is 4450. The summed E-state index contributed by atoms with van der Waals surface area (Å²) in [4.78, 5) is 0. The van der Waals surface area contributed by atoms with E-state index in [1.54, 1.807) is 43.0 Å². The summed E-state index contributed by atoms with van der Waals surface area (Å²) in [6, 6.07) is 38.5. The molecule has 8 aromatic rings. The van der Waals surface area contributed by atoms with Crippen LogP contribution in [-0.4, -0.2) is 32.3 Å². The summed E-state index contributed by atoms with van der Waals surface area (Å²) in [5.41, 5.74) is 29.2. The second-order valence-corrected chi connectivity index (χ2v) is 62.3. The zero-order chi connectivity index (χ0) is 82.1. The monoisotopic (exact) mass is 1580 g/mol. The summed E-state index contributed by atoms with van der Waals surface area (Å²) in [5, 5.41) is 6.61. The van der Waals surface area contributed by atoms with Crippen molar-refractivity contribution < 1.29 is 18.3 Å². The third-order valence-corrected chi connectivity index (χ3v) is 34.7. The second-order valence-electron chi connectivity index (χ2n) is 42.1. The predicted octanol–water partition coefficient (Wildman–Crippen LogP) is 24.6. The van der Waals surface area contributed by atoms with Crippen LogP contribution in [0.2, 0.25) is 78.6 Å². The molecule has 8 heteroatoms. The first-order valence-electron chi connectivity index (χ1n) is 45.1. The Kier molecular flexibility index (Phi) is 31.1. The third kappa shape index (κ3) is 23.8. The summed E-state index contributed by atoms with van der Waals surface area (Å²) in [6.07, 6.45) is 41.3. The van der Waals surface area contributed by atoms with Crippen LogP contribution in [0.5, 0.6) is 0 Å². The Labute approximate surface area is 691 Å². The second kappa shape index (κ2) is 38.6. The number of pyridine rings is 4. The number of nitrogens with zero attached hydrogens (tertiary/aromatic N) is 4. The lowest BCUT2D eigenvalue weighted by molar-refractivity contribution is -0.659. The fourth-order valence-corrected chi connectivity index (χ4v) is 26.3. The Hall–Kier alpha value is -5.65. The topological polar surface area (TPSA) is 15.5 Å². The molecule has 112 heavy (non-hydrogen) atoms. The summed E-state index contributed by atoms with van der Waals surface area (Å²) >= 11 is 0. The van der Waals surface area contributed by atoms with E-state index in [2.05, 4.69) is 337 Å². The normalized spacial score (nSPS) is 15.7. The van der Waals surface area contributed by atoms with Crippen LogP contribution in [0.15, 0.2) is 122 Å². The average Bonchev–Trinajstić information content (AvgIpc) is 1.12. The molecule has 4 fully saturated rings. The van der Waals surface area contributed by atoms with Gasteiger partial charge in [-0.25, -0.2) is 18.3 Å². The number of aromatic nitrogens is 4. The summed E-state index contributed by atoms with van der Waals surface area (Å²) < 4.78 is 9.58. The van der Waals surface area contributed by atoms with Crippen LogP contribution in [0.4, 0.5) is 0 Å². The number of benzene rings is 4. The van der Waals surface area contributed by atoms with Gasteiger partial charge < -0.3 is 0 Å². The van der Waals surface area contributed by atoms with Gasteiger partial charge in [0.25, 0.3) is 0 Å². The van der Waals surface area contributed by atoms with Crippen molar-refractivity contribution in [3.63, 3.8) is 0 Å². The van der Waals surface area contributed by atoms with Crippen LogP contribution in [0, 0.1) is 57.3 Å². The first-order valence-corrected chi connectivity index (χ1v) is 59.1. The smallest absolute Gasteiger partial charge is 0.201 e. The standard InChI is InChI=1S/C27H42NSi.2C26H40NSi.C25H38NSi/c1-8-22(9-2)23-15-14-20(3)25(17-23)26-18-24(16-21-12-10-11-13-21)27(19-28(26)4)29(5,6)7;1-19-13-14-22(26(2,3)4)17-23(19)24-16-21(15-20-11-9-10-12-20)25(18-27(24)5)28(6,7)8;1-19(2)14-22-13-12-20(3)24(16-22)25-17-23(15-21-10-8-9-11-21)26(18-27(25)4)28(5,6)7;1-18(2)21-13-12-19(3)23(15-21)24-16-22(14-20-10-8-9-11-20)25(17-26(24)4)27(5,6)7/h14-15,17-19,21-22H,8-13,16H2,1-7H3;13-14,16-18,20H,9-12,15H2,1-8H3;12-13,16-19,21H,8-11,14-15H2,1-7H3;12-13,15-18,20H,8-11,14H2,1-7H3/q4*+1. The van der Waals surface area contributed by atoms with E-state index in [0.717, 1.165) is 30.1 Å². The van der Waals surface area contributed by atoms with Crippen LogP contribution in [-0.2, 0) is 65.7 Å². The summed E-state index contributed by atoms with van der Waals surface area (Å²) in [6.45, 7) is 59.7. The van der Waals surface area contributed by atoms with Crippen LogP contribution in [0.3, 0.4) is 0 Å². The van der Waals surface area contributed by atoms with Crippen molar-refractivity contribution in [3.8, 4) is 45.0 Å². The molecule has 4 aromatic carbocycles. The van der Waals surface area contributed by atoms with E-state index < -0.39 is 32.3 Å². The van der Waals surface area contributed by atoms with Gasteiger partial charge in [0.1, 0.15) is 28.2 Å². The van der Waals surface area contributed by atoms with Crippen LogP contribution < -0.4 is 39.0 Å². The van der Waals surface area contributed by atoms with Gasteiger partial charge in [0.15, 0.2) is 24.8 Å². The third-order valence-electron chi connectivity index (χ3n) is 26.4. The Morgan fingerprint density at radius 3 is 0.893 bits per heavy atom. The molecule has 0 unspecified atom stereocenters. The Morgan fingerprint density at radius 2 is 0.616 bits per heavy atom. The quantitative estimate of drug-likeness (QED) is 0.0475. The minimum absolute atomic E-state index is 0.173. The fraction of sp³-hybridized carbons (Fsp3) is 0.577. The number of hydrogen-bond donors (Lipinski definition) is 0. The first kappa shape index (κ1) is 90.3. The van der Waals surface area contributed by atoms with Gasteiger partial charge in [0.2, 0.25) is 22.8 Å². The molecule has 0 N–H and O–H groups in total. The van der Waals surface area contributed by atoms with Gasteiger partial charge in [0.05, 0.1) is 32.3 Å². The molecule has 4 heterocycles. The Morgan fingerprint density at radius 1 is 0.348 bits per heavy atom. The molecule has 0 spiro atoms. The highest BCUT2D eigenvalue weighted by atomic mass is 28.3. The van der Waals surface area contributed by atoms with Crippen molar-refractivity contribution in [2.45, 2.75) is 334 Å². The Balaban J connectivity index is 0.000000171. The minimum Gasteiger partial charge on any atom is -0.201 e. The van der Waals surface area contributed by atoms with Crippen LogP contribution >= 0.6 is 0 Å². The van der Waals surface area contributed by atoms with Gasteiger partial charge in [0, 0.05) is 67.3 Å². The predicted molar refractivity (Wildman–Crippen MR) is 500 cm³/mol. The molecule has 4 aliphatic rings. The summed E-state index contributed by atoms with van der Waals surface area (Å²) in [5.74, 6) is 5.48. The number of aryl methyl sites for hydroxylation is 8. The molecule has 4 nitrogen and oxygen atoms in total. The zero-order valence-corrected chi connectivity index (χ0v) is 81.1. The number of rotatable bonds is 22. The SMILES string of the molecule is CCC(CC)c1ccc(C)c(-c2cc(CC3CCCC3)c([Si](C)(C)C)c[n+]2C)c1.Cc1ccc(C(C)(C)C)cc1-c1cc(CC2CCCC2)c([Si](C)(C)C)c[n+]1C.Cc1ccc(C(C)C)cc1-c1cc(CC2CCCC2)c([Si](C)(C)C)c[n+]1C.Cc1ccc(CC(C)C)cc1-c1cc(CC2CCCC2)c([Si](C)(C)C)c[n+]1C. The van der Waals surface area contributed by atoms with Crippen molar-refractivity contribution >= 4 is 53.0 Å². The molecule has 0 amide bonds. The molecular formula is C104H160N4Si4+4. The van der Waals surface area contributed by atoms with E-state index in [1.165, 1.54) is 231 Å². The molecule has 4 saturated carbocycles. The molecule has 0 radical (unpaired) electrons. The lowest BCUT2D eigenvalue weighted by atomic mass is 9.84. The largest absolute Gasteiger partial charge is 0.212 e. The van der Waals surface area contributed by atoms with E-state index in [1.807, 2.05) is 0 Å². The van der Waals surface area contributed by atoms with Gasteiger partial charge in [-0.2, -0.15) is 0 Å². The van der Waals surface area contributed by atoms with Gasteiger partial charge in [-0.05, 0) is 211 Å². The van der Waals surface area contributed by atoms with E-state index in [0.29, 0.717) is 17.8 Å². The van der Waals surface area contributed by atoms with Gasteiger partial charge in [-0.1, -0.05) is 292 Å². The highest BCUT2D eigenvalue weighted by Crippen LogP contribution is 2.38. The van der Waals surface area contributed by atoms with Crippen molar-refractivity contribution in [3.05, 3.63) is 189 Å². The van der Waals surface area contributed by atoms with Crippen LogP contribution in [0.1, 0.15) is 256 Å². The summed E-state index contributed by atoms with van der Waals surface area (Å²) in [7, 11) is 3.47. The first-order chi connectivity index (χ1) is 52.5. The van der Waals surface area contributed by atoms with Gasteiger partial charge >= 0.3 is 0 Å². The lowest BCUT2D eigenvalue weighted by Crippen LogP contribution is -2.47. The molecular weight excluding hydrogens is 1420 g/mol. The molecule has 0 aliphatic heterocycles. The maximum atomic E-state index is 2.56. The molecule has 0 bridgehead atoms. The number of hydrogen-bond acceptors (Lipinski definition) is 0. The zero-order valence-electron chi connectivity index (χ0n) is 77.1. The fourth-order valence-electron chi connectivity index (χ4n) is 19.4. The lowest BCUT2D eigenvalue weighted by Gasteiger charge is -2.23. The van der Waals surface area contributed by atoms with Gasteiger partial charge in [-0.3, -0.25) is 0 Å². The maximum absolute atomic E-state index is 2.56. The molecule has 4 aromatic heterocycles. The highest BCUT2D eigenvalue weighted by molar-refractivity contribution is 6.90. The van der Waals surface area contributed by atoms with E-state index in [-0.39, 0.29) is 5.41 Å². The van der Waals surface area contributed by atoms with E-state index >= 15 is 0 Å². The van der Waals surface area contributed by atoms with Crippen molar-refractivity contribution in [1.82, 2.24) is 0 Å². The average molecular weight is 1580 g/mol. The van der Waals surface area contributed by atoms with Crippen molar-refractivity contribution in [2.24, 2.45) is 57.8 Å². The molecule has 608 valence electrons. The molecule has 4 aliphatic carbocycles. The van der Waals surface area contributed by atoms with E-state index in [9.17, 15) is 0 Å². The molecule has 0 saturated heterocycles. The van der Waals surface area contributed by atoms with Gasteiger partial charge in [-0.15, -0.1) is 0 Å². The maximum Gasteiger partial charge on any atom is 0.212 e. The minimum atomic E-state index is -1.38. The van der Waals surface area contributed by atoms with Crippen molar-refractivity contribution in [2.75, 3.05) is 0 Å². The molecule has 0 atom stereocenters. The highest BCUT2D eigenvalue weighted by Gasteiger charge is 2.35. The van der Waals surface area contributed by atoms with Crippen molar-refractivity contribution in [1.29, 1.82) is 0 Å².